The minimum Gasteiger partial charge on any atom is -0.495 e. The van der Waals surface area contributed by atoms with Crippen molar-refractivity contribution in [3.8, 4) is 17.1 Å². The molecule has 3 aromatic heterocycles. The van der Waals surface area contributed by atoms with Crippen molar-refractivity contribution < 1.29 is 22.7 Å². The molecule has 8 nitrogen and oxygen atoms in total. The SMILES string of the molecule is COc1ccc(-c2[nH]nc(C(F)(F)F)c2Cc2cnc(C(N)=O)[nH]2)nc1. The van der Waals surface area contributed by atoms with Gasteiger partial charge in [-0.2, -0.15) is 18.3 Å². The molecule has 0 saturated heterocycles. The maximum atomic E-state index is 13.3. The molecule has 0 radical (unpaired) electrons. The molecule has 0 atom stereocenters. The van der Waals surface area contributed by atoms with Crippen LogP contribution in [0.5, 0.6) is 5.75 Å². The lowest BCUT2D eigenvalue weighted by Gasteiger charge is -2.08. The number of nitrogens with one attached hydrogen (secondary N) is 2. The van der Waals surface area contributed by atoms with E-state index in [0.717, 1.165) is 0 Å². The van der Waals surface area contributed by atoms with Crippen LogP contribution in [0.1, 0.15) is 27.6 Å². The first kappa shape index (κ1) is 17.5. The Bertz CT molecular complexity index is 930. The normalized spacial score (nSPS) is 11.5. The monoisotopic (exact) mass is 366 g/mol. The van der Waals surface area contributed by atoms with Crippen molar-refractivity contribution in [1.82, 2.24) is 25.1 Å². The molecule has 26 heavy (non-hydrogen) atoms. The van der Waals surface area contributed by atoms with Crippen LogP contribution in [0.4, 0.5) is 13.2 Å². The molecule has 11 heteroatoms. The number of H-pyrrole nitrogens is 2. The van der Waals surface area contributed by atoms with Crippen LogP contribution in [0.15, 0.2) is 24.5 Å². The number of primary amides is 1. The lowest BCUT2D eigenvalue weighted by molar-refractivity contribution is -0.141. The Morgan fingerprint density at radius 2 is 2.04 bits per heavy atom. The van der Waals surface area contributed by atoms with Gasteiger partial charge in [-0.15, -0.1) is 0 Å². The minimum atomic E-state index is -4.66. The lowest BCUT2D eigenvalue weighted by Crippen LogP contribution is -2.13. The molecule has 0 saturated carbocycles. The van der Waals surface area contributed by atoms with Gasteiger partial charge in [-0.3, -0.25) is 14.9 Å². The molecule has 136 valence electrons. The zero-order valence-corrected chi connectivity index (χ0v) is 13.4. The number of carbonyl (C=O) groups excluding carboxylic acids is 1. The van der Waals surface area contributed by atoms with Crippen molar-refractivity contribution in [3.05, 3.63) is 47.3 Å². The largest absolute Gasteiger partial charge is 0.495 e. The quantitative estimate of drug-likeness (QED) is 0.637. The number of aromatic amines is 2. The van der Waals surface area contributed by atoms with Crippen molar-refractivity contribution in [1.29, 1.82) is 0 Å². The molecule has 3 heterocycles. The van der Waals surface area contributed by atoms with Crippen LogP contribution in [0, 0.1) is 0 Å². The van der Waals surface area contributed by atoms with Gasteiger partial charge in [0, 0.05) is 23.9 Å². The fraction of sp³-hybridized carbons (Fsp3) is 0.200. The third-order valence-electron chi connectivity index (χ3n) is 3.59. The molecule has 1 amide bonds. The van der Waals surface area contributed by atoms with Gasteiger partial charge in [0.2, 0.25) is 0 Å². The summed E-state index contributed by atoms with van der Waals surface area (Å²) >= 11 is 0. The predicted octanol–water partition coefficient (Wildman–Crippen LogP) is 1.91. The van der Waals surface area contributed by atoms with Crippen molar-refractivity contribution in [2.24, 2.45) is 5.73 Å². The van der Waals surface area contributed by atoms with E-state index in [2.05, 4.69) is 25.1 Å². The molecule has 3 aromatic rings. The Labute approximate surface area is 144 Å². The van der Waals surface area contributed by atoms with Crippen molar-refractivity contribution in [2.75, 3.05) is 7.11 Å². The Kier molecular flexibility index (Phi) is 4.36. The van der Waals surface area contributed by atoms with E-state index in [0.29, 0.717) is 5.75 Å². The predicted molar refractivity (Wildman–Crippen MR) is 83.3 cm³/mol. The maximum Gasteiger partial charge on any atom is 0.435 e. The van der Waals surface area contributed by atoms with Gasteiger partial charge >= 0.3 is 6.18 Å². The van der Waals surface area contributed by atoms with Gasteiger partial charge in [0.25, 0.3) is 5.91 Å². The number of ether oxygens (including phenoxy) is 1. The first-order chi connectivity index (χ1) is 12.3. The average molecular weight is 366 g/mol. The first-order valence-electron chi connectivity index (χ1n) is 7.28. The molecule has 0 bridgehead atoms. The van der Waals surface area contributed by atoms with Gasteiger partial charge in [-0.05, 0) is 12.1 Å². The molecule has 3 rings (SSSR count). The number of carbonyl (C=O) groups is 1. The number of pyridine rings is 1. The van der Waals surface area contributed by atoms with E-state index in [1.54, 1.807) is 6.07 Å². The molecular weight excluding hydrogens is 353 g/mol. The molecule has 0 unspecified atom stereocenters. The van der Waals surface area contributed by atoms with Gasteiger partial charge in [0.15, 0.2) is 11.5 Å². The van der Waals surface area contributed by atoms with Crippen molar-refractivity contribution in [3.63, 3.8) is 0 Å². The molecule has 0 aliphatic heterocycles. The highest BCUT2D eigenvalue weighted by Gasteiger charge is 2.38. The molecule has 0 aliphatic rings. The summed E-state index contributed by atoms with van der Waals surface area (Å²) in [5.41, 5.74) is 4.54. The number of rotatable bonds is 5. The summed E-state index contributed by atoms with van der Waals surface area (Å²) < 4.78 is 44.9. The summed E-state index contributed by atoms with van der Waals surface area (Å²) in [4.78, 5) is 21.5. The van der Waals surface area contributed by atoms with Crippen LogP contribution in [-0.2, 0) is 12.6 Å². The Morgan fingerprint density at radius 3 is 2.58 bits per heavy atom. The number of hydrogen-bond acceptors (Lipinski definition) is 5. The van der Waals surface area contributed by atoms with E-state index in [4.69, 9.17) is 10.5 Å². The van der Waals surface area contributed by atoms with Gasteiger partial charge in [0.05, 0.1) is 24.7 Å². The maximum absolute atomic E-state index is 13.3. The minimum absolute atomic E-state index is 0.107. The highest BCUT2D eigenvalue weighted by molar-refractivity contribution is 5.88. The number of nitrogens with two attached hydrogens (primary N) is 1. The number of nitrogens with zero attached hydrogens (tertiary/aromatic N) is 3. The molecule has 0 spiro atoms. The van der Waals surface area contributed by atoms with Crippen molar-refractivity contribution in [2.45, 2.75) is 12.6 Å². The summed E-state index contributed by atoms with van der Waals surface area (Å²) in [6.45, 7) is 0. The van der Waals surface area contributed by atoms with Crippen LogP contribution in [0.2, 0.25) is 0 Å². The Morgan fingerprint density at radius 1 is 1.27 bits per heavy atom. The van der Waals surface area contributed by atoms with Gasteiger partial charge in [-0.25, -0.2) is 4.98 Å². The number of alkyl halides is 3. The topological polar surface area (TPSA) is 123 Å². The second kappa shape index (κ2) is 6.50. The van der Waals surface area contributed by atoms with E-state index in [1.165, 1.54) is 25.6 Å². The number of imidazole rings is 1. The second-order valence-electron chi connectivity index (χ2n) is 5.30. The standard InChI is InChI=1S/C15H13F3N6O2/c1-26-8-2-3-10(20-6-8)11-9(12(24-23-11)15(16,17)18)4-7-5-21-14(22-7)13(19)25/h2-3,5-6H,4H2,1H3,(H2,19,25)(H,21,22)(H,23,24). The summed E-state index contributed by atoms with van der Waals surface area (Å²) in [5.74, 6) is -0.483. The number of hydrogen-bond donors (Lipinski definition) is 3. The average Bonchev–Trinajstić information content (AvgIpc) is 3.22. The van der Waals surface area contributed by atoms with Crippen LogP contribution in [0.25, 0.3) is 11.4 Å². The molecule has 0 aromatic carbocycles. The fourth-order valence-corrected chi connectivity index (χ4v) is 2.40. The highest BCUT2D eigenvalue weighted by atomic mass is 19.4. The zero-order valence-electron chi connectivity index (χ0n) is 13.4. The Hall–Kier alpha value is -3.37. The van der Waals surface area contributed by atoms with Gasteiger partial charge < -0.3 is 15.5 Å². The van der Waals surface area contributed by atoms with Gasteiger partial charge in [-0.1, -0.05) is 0 Å². The molecule has 4 N–H and O–H groups in total. The third-order valence-corrected chi connectivity index (χ3v) is 3.59. The van der Waals surface area contributed by atoms with E-state index in [9.17, 15) is 18.0 Å². The number of aromatic nitrogens is 5. The third kappa shape index (κ3) is 3.36. The summed E-state index contributed by atoms with van der Waals surface area (Å²) in [5, 5.41) is 5.78. The van der Waals surface area contributed by atoms with E-state index in [1.807, 2.05) is 0 Å². The summed E-state index contributed by atoms with van der Waals surface area (Å²) in [6, 6.07) is 3.08. The lowest BCUT2D eigenvalue weighted by atomic mass is 10.0. The van der Waals surface area contributed by atoms with Crippen LogP contribution in [0.3, 0.4) is 0 Å². The smallest absolute Gasteiger partial charge is 0.435 e. The summed E-state index contributed by atoms with van der Waals surface area (Å²) in [6.07, 6.45) is -2.23. The molecular formula is C15H13F3N6O2. The Balaban J connectivity index is 2.04. The van der Waals surface area contributed by atoms with Gasteiger partial charge in [0.1, 0.15) is 5.75 Å². The van der Waals surface area contributed by atoms with E-state index in [-0.39, 0.29) is 34.9 Å². The van der Waals surface area contributed by atoms with E-state index < -0.39 is 17.8 Å². The van der Waals surface area contributed by atoms with Crippen LogP contribution < -0.4 is 10.5 Å². The number of halogens is 3. The first-order valence-corrected chi connectivity index (χ1v) is 7.28. The van der Waals surface area contributed by atoms with Crippen LogP contribution in [-0.4, -0.2) is 38.2 Å². The summed E-state index contributed by atoms with van der Waals surface area (Å²) in [7, 11) is 1.45. The van der Waals surface area contributed by atoms with Crippen LogP contribution >= 0.6 is 0 Å². The molecule has 0 aliphatic carbocycles. The number of methoxy groups -OCH3 is 1. The zero-order chi connectivity index (χ0) is 18.9. The molecule has 0 fully saturated rings. The van der Waals surface area contributed by atoms with Crippen molar-refractivity contribution >= 4 is 5.91 Å². The fourth-order valence-electron chi connectivity index (χ4n) is 2.40. The number of amides is 1. The van der Waals surface area contributed by atoms with E-state index >= 15 is 0 Å². The highest BCUT2D eigenvalue weighted by Crippen LogP contribution is 2.35. The second-order valence-corrected chi connectivity index (χ2v) is 5.30.